The summed E-state index contributed by atoms with van der Waals surface area (Å²) in [5.41, 5.74) is 8.72. The summed E-state index contributed by atoms with van der Waals surface area (Å²) in [6.07, 6.45) is 8.52. The number of ether oxygens (including phenoxy) is 1. The molecule has 1 amide bonds. The van der Waals surface area contributed by atoms with Crippen molar-refractivity contribution in [3.8, 4) is 11.3 Å². The number of aromatic nitrogens is 4. The number of rotatable bonds is 6. The first-order valence-corrected chi connectivity index (χ1v) is 13.5. The molecule has 204 valence electrons. The van der Waals surface area contributed by atoms with Crippen LogP contribution in [0.1, 0.15) is 52.1 Å². The third-order valence-electron chi connectivity index (χ3n) is 6.90. The van der Waals surface area contributed by atoms with Gasteiger partial charge in [0, 0.05) is 40.8 Å². The predicted octanol–water partition coefficient (Wildman–Crippen LogP) is 6.12. The summed E-state index contributed by atoms with van der Waals surface area (Å²) in [4.78, 5) is 30.0. The minimum absolute atomic E-state index is 0.0134. The number of carbonyl (C=O) groups excluding carboxylic acids is 1. The van der Waals surface area contributed by atoms with E-state index in [4.69, 9.17) is 27.1 Å². The topological polar surface area (TPSA) is 131 Å². The standard InChI is InChI=1S/C29H34ClN7O2/c1-28(2,3)39-27(38)37-29(13-19-11-10-18(31)15-32-19)12-6-7-20(14-29)35-26-34-17-23(30)25(36-26)22-16-33-24-9-5-4-8-21(22)24/h4-5,8-11,15-17,20,33H,6-7,12-14,31H2,1-3H3,(H,37,38)(H,34,35,36)/t20-,29-/m1/s1. The van der Waals surface area contributed by atoms with Gasteiger partial charge < -0.3 is 26.1 Å². The number of nitrogens with two attached hydrogens (primary N) is 1. The van der Waals surface area contributed by atoms with E-state index in [-0.39, 0.29) is 6.04 Å². The lowest BCUT2D eigenvalue weighted by molar-refractivity contribution is 0.0419. The number of H-pyrrole nitrogens is 1. The molecule has 3 heterocycles. The van der Waals surface area contributed by atoms with E-state index < -0.39 is 17.2 Å². The first-order chi connectivity index (χ1) is 18.6. The second-order valence-corrected chi connectivity index (χ2v) is 11.6. The van der Waals surface area contributed by atoms with Crippen LogP contribution < -0.4 is 16.4 Å². The van der Waals surface area contributed by atoms with Crippen LogP contribution in [0.25, 0.3) is 22.2 Å². The quantitative estimate of drug-likeness (QED) is 0.229. The first-order valence-electron chi connectivity index (χ1n) is 13.2. The summed E-state index contributed by atoms with van der Waals surface area (Å²) in [5, 5.41) is 8.21. The molecule has 1 aromatic carbocycles. The minimum atomic E-state index is -0.604. The molecule has 5 N–H and O–H groups in total. The van der Waals surface area contributed by atoms with Gasteiger partial charge in [0.1, 0.15) is 5.60 Å². The molecule has 0 saturated heterocycles. The van der Waals surface area contributed by atoms with Crippen molar-refractivity contribution in [1.29, 1.82) is 0 Å². The lowest BCUT2D eigenvalue weighted by Gasteiger charge is -2.42. The van der Waals surface area contributed by atoms with E-state index in [0.717, 1.165) is 41.4 Å². The Morgan fingerprint density at radius 2 is 2.03 bits per heavy atom. The van der Waals surface area contributed by atoms with Gasteiger partial charge in [-0.05, 0) is 64.7 Å². The number of nitrogens with zero attached hydrogens (tertiary/aromatic N) is 3. The smallest absolute Gasteiger partial charge is 0.408 e. The van der Waals surface area contributed by atoms with E-state index in [0.29, 0.717) is 35.2 Å². The van der Waals surface area contributed by atoms with Crippen LogP contribution in [-0.2, 0) is 11.2 Å². The van der Waals surface area contributed by atoms with Crippen LogP contribution in [-0.4, -0.2) is 43.2 Å². The van der Waals surface area contributed by atoms with Crippen molar-refractivity contribution in [2.24, 2.45) is 0 Å². The number of pyridine rings is 1. The minimum Gasteiger partial charge on any atom is -0.444 e. The third-order valence-corrected chi connectivity index (χ3v) is 7.18. The van der Waals surface area contributed by atoms with Crippen molar-refractivity contribution in [1.82, 2.24) is 25.3 Å². The Bertz CT molecular complexity index is 1460. The monoisotopic (exact) mass is 547 g/mol. The molecular weight excluding hydrogens is 514 g/mol. The van der Waals surface area contributed by atoms with Crippen molar-refractivity contribution in [3.05, 3.63) is 65.7 Å². The van der Waals surface area contributed by atoms with E-state index in [1.165, 1.54) is 0 Å². The summed E-state index contributed by atoms with van der Waals surface area (Å²) in [5.74, 6) is 0.489. The molecule has 1 aliphatic carbocycles. The second-order valence-electron chi connectivity index (χ2n) is 11.2. The number of carbonyl (C=O) groups is 1. The van der Waals surface area contributed by atoms with Crippen LogP contribution in [0.2, 0.25) is 5.02 Å². The van der Waals surface area contributed by atoms with E-state index in [2.05, 4.69) is 25.6 Å². The average Bonchev–Trinajstić information content (AvgIpc) is 3.29. The number of halogens is 1. The molecule has 0 unspecified atom stereocenters. The summed E-state index contributed by atoms with van der Waals surface area (Å²) in [6.45, 7) is 5.57. The number of nitrogens with one attached hydrogen (secondary N) is 3. The number of alkyl carbamates (subject to hydrolysis) is 1. The number of para-hydroxylation sites is 1. The second kappa shape index (κ2) is 10.7. The fourth-order valence-corrected chi connectivity index (χ4v) is 5.48. The molecule has 2 atom stereocenters. The molecule has 1 fully saturated rings. The number of aromatic amines is 1. The molecule has 3 aromatic heterocycles. The van der Waals surface area contributed by atoms with Crippen molar-refractivity contribution in [2.45, 2.75) is 70.1 Å². The van der Waals surface area contributed by atoms with Gasteiger partial charge in [-0.2, -0.15) is 0 Å². The summed E-state index contributed by atoms with van der Waals surface area (Å²) in [7, 11) is 0. The lowest BCUT2D eigenvalue weighted by atomic mass is 9.76. The van der Waals surface area contributed by atoms with Gasteiger partial charge in [0.25, 0.3) is 0 Å². The maximum atomic E-state index is 12.9. The third kappa shape index (κ3) is 6.42. The number of nitrogen functional groups attached to an aromatic ring is 1. The Labute approximate surface area is 232 Å². The van der Waals surface area contributed by atoms with E-state index in [1.807, 2.05) is 63.4 Å². The number of hydrogen-bond acceptors (Lipinski definition) is 7. The molecule has 4 aromatic rings. The fourth-order valence-electron chi connectivity index (χ4n) is 5.29. The summed E-state index contributed by atoms with van der Waals surface area (Å²) < 4.78 is 5.63. The zero-order chi connectivity index (χ0) is 27.6. The molecular formula is C29H34ClN7O2. The molecule has 9 nitrogen and oxygen atoms in total. The number of fused-ring (bicyclic) bond motifs is 1. The van der Waals surface area contributed by atoms with Crippen molar-refractivity contribution in [3.63, 3.8) is 0 Å². The van der Waals surface area contributed by atoms with Gasteiger partial charge in [0.2, 0.25) is 5.95 Å². The van der Waals surface area contributed by atoms with Crippen LogP contribution in [0.5, 0.6) is 0 Å². The van der Waals surface area contributed by atoms with Gasteiger partial charge in [-0.1, -0.05) is 29.8 Å². The van der Waals surface area contributed by atoms with Crippen LogP contribution in [0.3, 0.4) is 0 Å². The Morgan fingerprint density at radius 3 is 2.79 bits per heavy atom. The first kappa shape index (κ1) is 26.7. The Morgan fingerprint density at radius 1 is 1.21 bits per heavy atom. The molecule has 39 heavy (non-hydrogen) atoms. The lowest BCUT2D eigenvalue weighted by Crippen LogP contribution is -2.56. The predicted molar refractivity (Wildman–Crippen MR) is 155 cm³/mol. The van der Waals surface area contributed by atoms with E-state index in [1.54, 1.807) is 12.4 Å². The van der Waals surface area contributed by atoms with Gasteiger partial charge in [0.05, 0.1) is 34.3 Å². The molecule has 5 rings (SSSR count). The maximum absolute atomic E-state index is 12.9. The molecule has 1 saturated carbocycles. The maximum Gasteiger partial charge on any atom is 0.408 e. The van der Waals surface area contributed by atoms with Gasteiger partial charge >= 0.3 is 6.09 Å². The normalized spacial score (nSPS) is 19.5. The highest BCUT2D eigenvalue weighted by molar-refractivity contribution is 6.33. The van der Waals surface area contributed by atoms with E-state index >= 15 is 0 Å². The van der Waals surface area contributed by atoms with Crippen molar-refractivity contribution in [2.75, 3.05) is 11.1 Å². The molecule has 0 spiro atoms. The van der Waals surface area contributed by atoms with Crippen LogP contribution in [0.15, 0.2) is 55.0 Å². The average molecular weight is 548 g/mol. The Hall–Kier alpha value is -3.85. The van der Waals surface area contributed by atoms with Gasteiger partial charge in [0.15, 0.2) is 0 Å². The molecule has 1 aliphatic rings. The van der Waals surface area contributed by atoms with Crippen molar-refractivity contribution >= 4 is 40.2 Å². The van der Waals surface area contributed by atoms with Crippen molar-refractivity contribution < 1.29 is 9.53 Å². The Kier molecular flexibility index (Phi) is 7.36. The molecule has 0 aliphatic heterocycles. The molecule has 0 radical (unpaired) electrons. The zero-order valence-corrected chi connectivity index (χ0v) is 23.2. The summed E-state index contributed by atoms with van der Waals surface area (Å²) in [6, 6.07) is 11.8. The molecule has 0 bridgehead atoms. The van der Waals surface area contributed by atoms with Crippen LogP contribution >= 0.6 is 11.6 Å². The highest BCUT2D eigenvalue weighted by Crippen LogP contribution is 2.35. The number of hydrogen-bond donors (Lipinski definition) is 4. The van der Waals surface area contributed by atoms with E-state index in [9.17, 15) is 4.79 Å². The van der Waals surface area contributed by atoms with Crippen LogP contribution in [0, 0.1) is 0 Å². The van der Waals surface area contributed by atoms with Gasteiger partial charge in [-0.25, -0.2) is 14.8 Å². The van der Waals surface area contributed by atoms with Crippen LogP contribution in [0.4, 0.5) is 16.4 Å². The number of amides is 1. The zero-order valence-electron chi connectivity index (χ0n) is 22.4. The number of benzene rings is 1. The largest absolute Gasteiger partial charge is 0.444 e. The Balaban J connectivity index is 1.39. The van der Waals surface area contributed by atoms with Gasteiger partial charge in [-0.3, -0.25) is 4.98 Å². The van der Waals surface area contributed by atoms with Gasteiger partial charge in [-0.15, -0.1) is 0 Å². The fraction of sp³-hybridized carbons (Fsp3) is 0.379. The summed E-state index contributed by atoms with van der Waals surface area (Å²) >= 11 is 6.54. The highest BCUT2D eigenvalue weighted by Gasteiger charge is 2.39. The molecule has 10 heteroatoms. The highest BCUT2D eigenvalue weighted by atomic mass is 35.5. The SMILES string of the molecule is CC(C)(C)OC(=O)N[C@@]1(Cc2ccc(N)cn2)CCC[C@@H](Nc2ncc(Cl)c(-c3c[nH]c4ccccc34)n2)C1. The number of anilines is 2.